The van der Waals surface area contributed by atoms with Crippen molar-refractivity contribution in [1.82, 2.24) is 0 Å². The molecule has 2 aliphatic rings. The monoisotopic (exact) mass is 328 g/mol. The van der Waals surface area contributed by atoms with Crippen LogP contribution in [0.2, 0.25) is 0 Å². The predicted octanol–water partition coefficient (Wildman–Crippen LogP) is 7.08. The molecule has 2 aromatic carbocycles. The standard InChI is InChI=1S/C25H28/c1-16-13-18-9-6-7-10-19(18)21(16)15-22-17(2)14-23-20(22)11-8-12-24(23)25(3,4)5/h6-14,21-22H,15H2,1-5H3. The zero-order valence-corrected chi connectivity index (χ0v) is 16.1. The number of benzene rings is 2. The molecule has 0 bridgehead atoms. The van der Waals surface area contributed by atoms with Gasteiger partial charge < -0.3 is 0 Å². The van der Waals surface area contributed by atoms with Crippen molar-refractivity contribution < 1.29 is 0 Å². The van der Waals surface area contributed by atoms with Gasteiger partial charge in [-0.1, -0.05) is 86.5 Å². The summed E-state index contributed by atoms with van der Waals surface area (Å²) in [6.07, 6.45) is 6.00. The van der Waals surface area contributed by atoms with Gasteiger partial charge in [0.05, 0.1) is 0 Å². The average Bonchev–Trinajstić information content (AvgIpc) is 3.04. The third kappa shape index (κ3) is 2.68. The van der Waals surface area contributed by atoms with E-state index in [1.165, 1.54) is 45.4 Å². The Kier molecular flexibility index (Phi) is 3.76. The Morgan fingerprint density at radius 2 is 1.40 bits per heavy atom. The highest BCUT2D eigenvalue weighted by atomic mass is 14.4. The molecule has 2 aromatic rings. The molecule has 0 saturated carbocycles. The van der Waals surface area contributed by atoms with Crippen LogP contribution in [0.1, 0.15) is 80.7 Å². The van der Waals surface area contributed by atoms with E-state index in [0.717, 1.165) is 0 Å². The van der Waals surface area contributed by atoms with Gasteiger partial charge in [0.15, 0.2) is 0 Å². The lowest BCUT2D eigenvalue weighted by molar-refractivity contribution is 0.586. The van der Waals surface area contributed by atoms with Gasteiger partial charge >= 0.3 is 0 Å². The summed E-state index contributed by atoms with van der Waals surface area (Å²) in [5.74, 6) is 1.09. The van der Waals surface area contributed by atoms with Crippen LogP contribution in [0.5, 0.6) is 0 Å². The van der Waals surface area contributed by atoms with Crippen molar-refractivity contribution in [2.75, 3.05) is 0 Å². The first-order chi connectivity index (χ1) is 11.9. The van der Waals surface area contributed by atoms with E-state index in [1.807, 2.05) is 0 Å². The Balaban J connectivity index is 1.72. The van der Waals surface area contributed by atoms with Gasteiger partial charge in [-0.05, 0) is 53.5 Å². The number of hydrogen-bond acceptors (Lipinski definition) is 0. The first-order valence-electron chi connectivity index (χ1n) is 9.45. The quantitative estimate of drug-likeness (QED) is 0.552. The average molecular weight is 328 g/mol. The Morgan fingerprint density at radius 3 is 2.16 bits per heavy atom. The molecule has 2 atom stereocenters. The van der Waals surface area contributed by atoms with E-state index >= 15 is 0 Å². The summed E-state index contributed by atoms with van der Waals surface area (Å²) in [5, 5.41) is 0. The third-order valence-corrected chi connectivity index (χ3v) is 6.02. The van der Waals surface area contributed by atoms with E-state index in [1.54, 1.807) is 0 Å². The summed E-state index contributed by atoms with van der Waals surface area (Å²) >= 11 is 0. The van der Waals surface area contributed by atoms with Crippen LogP contribution in [0, 0.1) is 0 Å². The topological polar surface area (TPSA) is 0 Å². The van der Waals surface area contributed by atoms with Crippen LogP contribution < -0.4 is 0 Å². The summed E-state index contributed by atoms with van der Waals surface area (Å²) in [7, 11) is 0. The molecule has 0 amide bonds. The molecule has 0 heterocycles. The summed E-state index contributed by atoms with van der Waals surface area (Å²) < 4.78 is 0. The lowest BCUT2D eigenvalue weighted by Gasteiger charge is -2.25. The predicted molar refractivity (Wildman–Crippen MR) is 109 cm³/mol. The van der Waals surface area contributed by atoms with Crippen molar-refractivity contribution in [2.45, 2.75) is 58.3 Å². The Morgan fingerprint density at radius 1 is 0.760 bits per heavy atom. The van der Waals surface area contributed by atoms with Crippen molar-refractivity contribution in [3.8, 4) is 0 Å². The molecule has 0 fully saturated rings. The summed E-state index contributed by atoms with van der Waals surface area (Å²) in [4.78, 5) is 0. The molecule has 0 spiro atoms. The molecule has 2 unspecified atom stereocenters. The van der Waals surface area contributed by atoms with Gasteiger partial charge in [0.2, 0.25) is 0 Å². The number of fused-ring (bicyclic) bond motifs is 2. The number of allylic oxidation sites excluding steroid dienone is 2. The minimum Gasteiger partial charge on any atom is -0.0652 e. The molecule has 0 N–H and O–H groups in total. The van der Waals surface area contributed by atoms with Crippen molar-refractivity contribution in [2.24, 2.45) is 0 Å². The molecule has 25 heavy (non-hydrogen) atoms. The molecule has 0 nitrogen and oxygen atoms in total. The normalized spacial score (nSPS) is 21.6. The van der Waals surface area contributed by atoms with Crippen LogP contribution in [0.4, 0.5) is 0 Å². The fraction of sp³-hybridized carbons (Fsp3) is 0.360. The number of rotatable bonds is 2. The van der Waals surface area contributed by atoms with E-state index in [2.05, 4.69) is 89.2 Å². The highest BCUT2D eigenvalue weighted by molar-refractivity contribution is 5.71. The van der Waals surface area contributed by atoms with Crippen LogP contribution in [-0.2, 0) is 5.41 Å². The van der Waals surface area contributed by atoms with E-state index in [9.17, 15) is 0 Å². The summed E-state index contributed by atoms with van der Waals surface area (Å²) in [6.45, 7) is 11.6. The second kappa shape index (κ2) is 5.73. The van der Waals surface area contributed by atoms with Crippen LogP contribution >= 0.6 is 0 Å². The fourth-order valence-corrected chi connectivity index (χ4v) is 4.69. The van der Waals surface area contributed by atoms with E-state index in [-0.39, 0.29) is 5.41 Å². The third-order valence-electron chi connectivity index (χ3n) is 6.02. The van der Waals surface area contributed by atoms with Crippen LogP contribution in [0.3, 0.4) is 0 Å². The minimum absolute atomic E-state index is 0.187. The van der Waals surface area contributed by atoms with Gasteiger partial charge in [0.25, 0.3) is 0 Å². The van der Waals surface area contributed by atoms with Crippen LogP contribution in [0.15, 0.2) is 53.6 Å². The van der Waals surface area contributed by atoms with Crippen molar-refractivity contribution >= 4 is 12.2 Å². The SMILES string of the molecule is CC1=Cc2ccccc2C1CC1C(C)=Cc2c1cccc2C(C)(C)C. The molecular formula is C25H28. The molecule has 4 rings (SSSR count). The first-order valence-corrected chi connectivity index (χ1v) is 9.45. The van der Waals surface area contributed by atoms with E-state index in [0.29, 0.717) is 11.8 Å². The maximum absolute atomic E-state index is 2.44. The largest absolute Gasteiger partial charge is 0.0652 e. The van der Waals surface area contributed by atoms with Gasteiger partial charge in [0, 0.05) is 11.8 Å². The van der Waals surface area contributed by atoms with Crippen molar-refractivity contribution in [3.05, 3.63) is 81.4 Å². The first kappa shape index (κ1) is 16.4. The summed E-state index contributed by atoms with van der Waals surface area (Å²) in [6, 6.07) is 15.8. The van der Waals surface area contributed by atoms with E-state index in [4.69, 9.17) is 0 Å². The van der Waals surface area contributed by atoms with Crippen LogP contribution in [-0.4, -0.2) is 0 Å². The lowest BCUT2D eigenvalue weighted by Crippen LogP contribution is -2.14. The number of hydrogen-bond donors (Lipinski definition) is 0. The fourth-order valence-electron chi connectivity index (χ4n) is 4.69. The zero-order valence-electron chi connectivity index (χ0n) is 16.1. The molecule has 2 aliphatic carbocycles. The Labute approximate surface area is 152 Å². The van der Waals surface area contributed by atoms with Gasteiger partial charge in [-0.15, -0.1) is 0 Å². The van der Waals surface area contributed by atoms with Gasteiger partial charge in [-0.25, -0.2) is 0 Å². The smallest absolute Gasteiger partial charge is 0.00636 e. The van der Waals surface area contributed by atoms with Crippen LogP contribution in [0.25, 0.3) is 12.2 Å². The second-order valence-electron chi connectivity index (χ2n) is 8.80. The van der Waals surface area contributed by atoms with Gasteiger partial charge in [-0.3, -0.25) is 0 Å². The molecule has 0 aliphatic heterocycles. The summed E-state index contributed by atoms with van der Waals surface area (Å²) in [5.41, 5.74) is 10.6. The zero-order chi connectivity index (χ0) is 17.8. The molecule has 0 saturated heterocycles. The Bertz CT molecular complexity index is 886. The maximum Gasteiger partial charge on any atom is 0.00636 e. The maximum atomic E-state index is 2.44. The highest BCUT2D eigenvalue weighted by Gasteiger charge is 2.32. The molecule has 128 valence electrons. The van der Waals surface area contributed by atoms with Crippen molar-refractivity contribution in [1.29, 1.82) is 0 Å². The Hall–Kier alpha value is -2.08. The molecule has 0 heteroatoms. The second-order valence-corrected chi connectivity index (χ2v) is 8.80. The molecule has 0 aromatic heterocycles. The van der Waals surface area contributed by atoms with E-state index < -0.39 is 0 Å². The minimum atomic E-state index is 0.187. The van der Waals surface area contributed by atoms with Gasteiger partial charge in [-0.2, -0.15) is 0 Å². The lowest BCUT2D eigenvalue weighted by atomic mass is 9.79. The van der Waals surface area contributed by atoms with Gasteiger partial charge in [0.1, 0.15) is 0 Å². The molecule has 0 radical (unpaired) electrons. The molecular weight excluding hydrogens is 300 g/mol. The van der Waals surface area contributed by atoms with Crippen molar-refractivity contribution in [3.63, 3.8) is 0 Å². The highest BCUT2D eigenvalue weighted by Crippen LogP contribution is 2.48.